The van der Waals surface area contributed by atoms with Crippen molar-refractivity contribution < 1.29 is 19.1 Å². The Morgan fingerprint density at radius 1 is 1.45 bits per heavy atom. The van der Waals surface area contributed by atoms with Crippen LogP contribution in [0.1, 0.15) is 20.3 Å². The van der Waals surface area contributed by atoms with Gasteiger partial charge in [0.15, 0.2) is 12.2 Å². The number of methoxy groups -OCH3 is 1. The maximum atomic E-state index is 11.9. The number of amides is 1. The van der Waals surface area contributed by atoms with Gasteiger partial charge in [-0.15, -0.1) is 0 Å². The minimum Gasteiger partial charge on any atom is -0.496 e. The zero-order chi connectivity index (χ0) is 16.1. The minimum atomic E-state index is -1.03. The van der Waals surface area contributed by atoms with Gasteiger partial charge in [-0.2, -0.15) is 0 Å². The minimum absolute atomic E-state index is 0.240. The number of hydrogen-bond donors (Lipinski definition) is 2. The first-order valence-corrected chi connectivity index (χ1v) is 7.07. The summed E-state index contributed by atoms with van der Waals surface area (Å²) in [5.41, 5.74) is 1.29. The summed E-state index contributed by atoms with van der Waals surface area (Å²) in [6, 6.07) is 5.17. The lowest BCUT2D eigenvalue weighted by molar-refractivity contribution is -0.124. The van der Waals surface area contributed by atoms with Crippen molar-refractivity contribution in [3.8, 4) is 17.1 Å². The molecule has 2 rings (SSSR count). The van der Waals surface area contributed by atoms with Crippen LogP contribution in [-0.4, -0.2) is 29.2 Å². The molecular formula is C16H20N2O4. The Kier molecular flexibility index (Phi) is 5.16. The number of hydrogen-bond acceptors (Lipinski definition) is 5. The van der Waals surface area contributed by atoms with Gasteiger partial charge in [-0.1, -0.05) is 13.8 Å². The summed E-state index contributed by atoms with van der Waals surface area (Å²) in [6.45, 7) is 3.90. The maximum Gasteiger partial charge on any atom is 0.253 e. The van der Waals surface area contributed by atoms with E-state index in [0.717, 1.165) is 5.56 Å². The number of aliphatic hydroxyl groups is 1. The number of anilines is 1. The van der Waals surface area contributed by atoms with Crippen molar-refractivity contribution in [2.45, 2.75) is 26.4 Å². The Morgan fingerprint density at radius 3 is 2.82 bits per heavy atom. The van der Waals surface area contributed by atoms with E-state index in [-0.39, 0.29) is 5.92 Å². The molecule has 2 aromatic rings. The van der Waals surface area contributed by atoms with E-state index in [2.05, 4.69) is 10.3 Å². The Morgan fingerprint density at radius 2 is 2.23 bits per heavy atom. The molecule has 22 heavy (non-hydrogen) atoms. The van der Waals surface area contributed by atoms with Crippen molar-refractivity contribution in [1.82, 2.24) is 4.98 Å². The highest BCUT2D eigenvalue weighted by molar-refractivity contribution is 5.94. The summed E-state index contributed by atoms with van der Waals surface area (Å²) < 4.78 is 10.6. The van der Waals surface area contributed by atoms with Gasteiger partial charge in [-0.3, -0.25) is 4.79 Å². The largest absolute Gasteiger partial charge is 0.496 e. The molecule has 0 unspecified atom stereocenters. The third-order valence-electron chi connectivity index (χ3n) is 3.16. The van der Waals surface area contributed by atoms with Crippen LogP contribution in [0.15, 0.2) is 35.2 Å². The van der Waals surface area contributed by atoms with Crippen LogP contribution in [0.5, 0.6) is 5.75 Å². The van der Waals surface area contributed by atoms with E-state index in [0.29, 0.717) is 23.6 Å². The fraction of sp³-hybridized carbons (Fsp3) is 0.375. The van der Waals surface area contributed by atoms with Gasteiger partial charge in [0.1, 0.15) is 11.9 Å². The van der Waals surface area contributed by atoms with E-state index in [1.54, 1.807) is 24.4 Å². The van der Waals surface area contributed by atoms with E-state index < -0.39 is 12.0 Å². The number of aliphatic hydroxyl groups excluding tert-OH is 1. The van der Waals surface area contributed by atoms with Gasteiger partial charge in [0.05, 0.1) is 18.9 Å². The molecule has 0 spiro atoms. The Hall–Kier alpha value is -2.34. The molecule has 0 saturated heterocycles. The summed E-state index contributed by atoms with van der Waals surface area (Å²) in [5.74, 6) is 0.940. The molecule has 1 heterocycles. The van der Waals surface area contributed by atoms with Crippen molar-refractivity contribution in [2.24, 2.45) is 5.92 Å². The van der Waals surface area contributed by atoms with Gasteiger partial charge in [-0.05, 0) is 24.5 Å². The molecule has 6 nitrogen and oxygen atoms in total. The molecule has 2 N–H and O–H groups in total. The second kappa shape index (κ2) is 7.09. The van der Waals surface area contributed by atoms with Crippen LogP contribution in [0, 0.1) is 5.92 Å². The van der Waals surface area contributed by atoms with Gasteiger partial charge in [-0.25, -0.2) is 4.98 Å². The molecule has 0 aliphatic carbocycles. The van der Waals surface area contributed by atoms with Crippen molar-refractivity contribution in [2.75, 3.05) is 12.4 Å². The molecule has 1 atom stereocenters. The van der Waals surface area contributed by atoms with Crippen molar-refractivity contribution in [1.29, 1.82) is 0 Å². The van der Waals surface area contributed by atoms with Gasteiger partial charge >= 0.3 is 0 Å². The number of ether oxygens (including phenoxy) is 1. The SMILES string of the molecule is COc1cc(NC(=O)[C@H](O)CC(C)C)ccc1-c1cnco1. The smallest absolute Gasteiger partial charge is 0.253 e. The number of carbonyl (C=O) groups excluding carboxylic acids is 1. The van der Waals surface area contributed by atoms with Gasteiger partial charge < -0.3 is 19.6 Å². The molecule has 0 saturated carbocycles. The first-order valence-electron chi connectivity index (χ1n) is 7.07. The van der Waals surface area contributed by atoms with E-state index in [9.17, 15) is 9.90 Å². The van der Waals surface area contributed by atoms with Gasteiger partial charge in [0.2, 0.25) is 0 Å². The molecule has 0 bridgehead atoms. The lowest BCUT2D eigenvalue weighted by atomic mass is 10.1. The quantitative estimate of drug-likeness (QED) is 0.857. The lowest BCUT2D eigenvalue weighted by Crippen LogP contribution is -2.28. The summed E-state index contributed by atoms with van der Waals surface area (Å²) >= 11 is 0. The van der Waals surface area contributed by atoms with Crippen LogP contribution >= 0.6 is 0 Å². The zero-order valence-electron chi connectivity index (χ0n) is 12.9. The Labute approximate surface area is 129 Å². The van der Waals surface area contributed by atoms with E-state index in [1.807, 2.05) is 13.8 Å². The maximum absolute atomic E-state index is 11.9. The summed E-state index contributed by atoms with van der Waals surface area (Å²) in [4.78, 5) is 15.8. The third-order valence-corrected chi connectivity index (χ3v) is 3.16. The fourth-order valence-corrected chi connectivity index (χ4v) is 2.10. The lowest BCUT2D eigenvalue weighted by Gasteiger charge is -2.14. The highest BCUT2D eigenvalue weighted by Gasteiger charge is 2.17. The van der Waals surface area contributed by atoms with Crippen LogP contribution in [-0.2, 0) is 4.79 Å². The highest BCUT2D eigenvalue weighted by Crippen LogP contribution is 2.32. The van der Waals surface area contributed by atoms with E-state index >= 15 is 0 Å². The average Bonchev–Trinajstić information content (AvgIpc) is 3.00. The molecule has 0 radical (unpaired) electrons. The number of rotatable bonds is 6. The molecular weight excluding hydrogens is 284 g/mol. The number of oxazole rings is 1. The Bertz CT molecular complexity index is 623. The predicted molar refractivity (Wildman–Crippen MR) is 82.6 cm³/mol. The molecule has 1 aromatic heterocycles. The molecule has 0 fully saturated rings. The second-order valence-electron chi connectivity index (χ2n) is 5.42. The predicted octanol–water partition coefficient (Wildman–Crippen LogP) is 2.70. The summed E-state index contributed by atoms with van der Waals surface area (Å²) in [6.07, 6.45) is 2.31. The van der Waals surface area contributed by atoms with Crippen LogP contribution in [0.25, 0.3) is 11.3 Å². The number of aromatic nitrogens is 1. The highest BCUT2D eigenvalue weighted by atomic mass is 16.5. The third kappa shape index (κ3) is 3.85. The fourth-order valence-electron chi connectivity index (χ4n) is 2.10. The zero-order valence-corrected chi connectivity index (χ0v) is 12.9. The molecule has 0 aliphatic heterocycles. The molecule has 1 aromatic carbocycles. The van der Waals surface area contributed by atoms with Crippen molar-refractivity contribution in [3.05, 3.63) is 30.8 Å². The molecule has 6 heteroatoms. The van der Waals surface area contributed by atoms with Crippen LogP contribution in [0.3, 0.4) is 0 Å². The first-order chi connectivity index (χ1) is 10.5. The standard InChI is InChI=1S/C16H20N2O4/c1-10(2)6-13(19)16(20)18-11-4-5-12(14(7-11)21-3)15-8-17-9-22-15/h4-5,7-10,13,19H,6H2,1-3H3,(H,18,20)/t13-/m1/s1. The van der Waals surface area contributed by atoms with Crippen LogP contribution in [0.4, 0.5) is 5.69 Å². The number of carbonyl (C=O) groups is 1. The van der Waals surface area contributed by atoms with Crippen LogP contribution in [0.2, 0.25) is 0 Å². The van der Waals surface area contributed by atoms with Crippen molar-refractivity contribution in [3.63, 3.8) is 0 Å². The average molecular weight is 304 g/mol. The summed E-state index contributed by atoms with van der Waals surface area (Å²) in [7, 11) is 1.54. The molecule has 0 aliphatic rings. The molecule has 1 amide bonds. The van der Waals surface area contributed by atoms with Crippen molar-refractivity contribution >= 4 is 11.6 Å². The Balaban J connectivity index is 2.15. The number of benzene rings is 1. The van der Waals surface area contributed by atoms with Gasteiger partial charge in [0.25, 0.3) is 5.91 Å². The van der Waals surface area contributed by atoms with E-state index in [4.69, 9.17) is 9.15 Å². The number of nitrogens with one attached hydrogen (secondary N) is 1. The molecule has 118 valence electrons. The van der Waals surface area contributed by atoms with E-state index in [1.165, 1.54) is 13.5 Å². The monoisotopic (exact) mass is 304 g/mol. The van der Waals surface area contributed by atoms with Crippen LogP contribution < -0.4 is 10.1 Å². The number of nitrogens with zero attached hydrogens (tertiary/aromatic N) is 1. The normalized spacial score (nSPS) is 12.2. The van der Waals surface area contributed by atoms with Gasteiger partial charge in [0, 0.05) is 11.8 Å². The topological polar surface area (TPSA) is 84.6 Å². The summed E-state index contributed by atoms with van der Waals surface area (Å²) in [5, 5.41) is 12.5. The first kappa shape index (κ1) is 16.0. The second-order valence-corrected chi connectivity index (χ2v) is 5.42.